The summed E-state index contributed by atoms with van der Waals surface area (Å²) in [6, 6.07) is 8.63. The van der Waals surface area contributed by atoms with Crippen LogP contribution in [0, 0.1) is 0 Å². The zero-order chi connectivity index (χ0) is 16.5. The van der Waals surface area contributed by atoms with E-state index < -0.39 is 25.2 Å². The molecule has 0 amide bonds. The van der Waals surface area contributed by atoms with Crippen molar-refractivity contribution in [3.8, 4) is 0 Å². The highest BCUT2D eigenvalue weighted by atomic mass is 28.5. The first-order chi connectivity index (χ1) is 9.32. The molecule has 3 nitrogen and oxygen atoms in total. The second-order valence-corrected chi connectivity index (χ2v) is 20.4. The van der Waals surface area contributed by atoms with E-state index in [0.717, 1.165) is 0 Å². The molecule has 0 atom stereocenters. The molecular formula is C15H31NO2Si3. The highest BCUT2D eigenvalue weighted by molar-refractivity contribution is 6.94. The third-order valence-corrected chi connectivity index (χ3v) is 12.3. The molecule has 0 fully saturated rings. The molecule has 1 aromatic rings. The third-order valence-electron chi connectivity index (χ3n) is 2.89. The first-order valence-corrected chi connectivity index (χ1v) is 16.6. The van der Waals surface area contributed by atoms with Gasteiger partial charge in [-0.15, -0.1) is 0 Å². The molecule has 6 heteroatoms. The van der Waals surface area contributed by atoms with Gasteiger partial charge in [-0.05, 0) is 63.1 Å². The van der Waals surface area contributed by atoms with Gasteiger partial charge in [0.05, 0.1) is 0 Å². The number of hydrogen-bond acceptors (Lipinski definition) is 3. The van der Waals surface area contributed by atoms with Crippen LogP contribution in [0.25, 0.3) is 0 Å². The number of anilines is 1. The van der Waals surface area contributed by atoms with Crippen LogP contribution in [0.5, 0.6) is 0 Å². The topological polar surface area (TPSA) is 21.7 Å². The molecule has 0 radical (unpaired) electrons. The summed E-state index contributed by atoms with van der Waals surface area (Å²) in [7, 11) is -1.59. The van der Waals surface area contributed by atoms with E-state index in [4.69, 9.17) is 8.23 Å². The van der Waals surface area contributed by atoms with Crippen molar-refractivity contribution < 1.29 is 8.23 Å². The summed E-state index contributed by atoms with van der Waals surface area (Å²) in [4.78, 5) is 2.13. The van der Waals surface area contributed by atoms with Crippen LogP contribution < -0.4 is 10.1 Å². The van der Waals surface area contributed by atoms with E-state index in [2.05, 4.69) is 89.1 Å². The SMILES string of the molecule is CN(C)c1cccc([Si](C)(O[Si](C)(C)C)O[Si](C)(C)C)c1. The third kappa shape index (κ3) is 6.07. The molecule has 0 N–H and O–H groups in total. The Hall–Kier alpha value is -0.409. The summed E-state index contributed by atoms with van der Waals surface area (Å²) in [6.07, 6.45) is 0. The van der Waals surface area contributed by atoms with Crippen molar-refractivity contribution in [1.29, 1.82) is 0 Å². The normalized spacial score (nSPS) is 13.4. The van der Waals surface area contributed by atoms with Crippen LogP contribution in [0.2, 0.25) is 45.8 Å². The van der Waals surface area contributed by atoms with Gasteiger partial charge in [0.1, 0.15) is 0 Å². The van der Waals surface area contributed by atoms with Gasteiger partial charge >= 0.3 is 8.56 Å². The molecule has 0 saturated carbocycles. The van der Waals surface area contributed by atoms with Gasteiger partial charge in [0.15, 0.2) is 16.6 Å². The number of rotatable bonds is 6. The molecule has 0 unspecified atom stereocenters. The van der Waals surface area contributed by atoms with E-state index in [1.807, 2.05) is 0 Å². The van der Waals surface area contributed by atoms with Gasteiger partial charge in [0.25, 0.3) is 0 Å². The largest absolute Gasteiger partial charge is 0.433 e. The maximum Gasteiger partial charge on any atom is 0.348 e. The minimum Gasteiger partial charge on any atom is -0.433 e. The Balaban J connectivity index is 3.26. The van der Waals surface area contributed by atoms with Crippen molar-refractivity contribution in [2.45, 2.75) is 45.8 Å². The summed E-state index contributed by atoms with van der Waals surface area (Å²) in [6.45, 7) is 15.6. The van der Waals surface area contributed by atoms with Gasteiger partial charge in [-0.1, -0.05) is 12.1 Å². The van der Waals surface area contributed by atoms with E-state index in [1.165, 1.54) is 10.9 Å². The second kappa shape index (κ2) is 6.37. The lowest BCUT2D eigenvalue weighted by Gasteiger charge is -2.39. The highest BCUT2D eigenvalue weighted by Gasteiger charge is 2.42. The van der Waals surface area contributed by atoms with Crippen molar-refractivity contribution in [2.24, 2.45) is 0 Å². The molecule has 0 aromatic heterocycles. The molecule has 0 aliphatic carbocycles. The van der Waals surface area contributed by atoms with Crippen LogP contribution in [0.4, 0.5) is 5.69 Å². The summed E-state index contributed by atoms with van der Waals surface area (Å²) in [5, 5.41) is 1.23. The Morgan fingerprint density at radius 1 is 0.810 bits per heavy atom. The quantitative estimate of drug-likeness (QED) is 0.736. The Bertz CT molecular complexity index is 463. The van der Waals surface area contributed by atoms with Crippen molar-refractivity contribution in [2.75, 3.05) is 19.0 Å². The number of hydrogen-bond donors (Lipinski definition) is 0. The van der Waals surface area contributed by atoms with Crippen LogP contribution in [0.3, 0.4) is 0 Å². The van der Waals surface area contributed by atoms with Gasteiger partial charge in [0.2, 0.25) is 0 Å². The summed E-state index contributed by atoms with van der Waals surface area (Å²) >= 11 is 0. The van der Waals surface area contributed by atoms with Crippen molar-refractivity contribution in [3.63, 3.8) is 0 Å². The fraction of sp³-hybridized carbons (Fsp3) is 0.600. The lowest BCUT2D eigenvalue weighted by atomic mass is 10.3. The second-order valence-electron chi connectivity index (χ2n) is 7.82. The molecular weight excluding hydrogens is 310 g/mol. The van der Waals surface area contributed by atoms with Crippen LogP contribution >= 0.6 is 0 Å². The lowest BCUT2D eigenvalue weighted by Crippen LogP contribution is -2.60. The molecule has 0 spiro atoms. The zero-order valence-corrected chi connectivity index (χ0v) is 18.1. The highest BCUT2D eigenvalue weighted by Crippen LogP contribution is 2.22. The fourth-order valence-corrected chi connectivity index (χ4v) is 14.0. The molecule has 0 saturated heterocycles. The predicted octanol–water partition coefficient (Wildman–Crippen LogP) is 3.73. The molecule has 0 bridgehead atoms. The predicted molar refractivity (Wildman–Crippen MR) is 101 cm³/mol. The summed E-state index contributed by atoms with van der Waals surface area (Å²) in [5.41, 5.74) is 1.20. The molecule has 1 aromatic carbocycles. The molecule has 0 aliphatic heterocycles. The van der Waals surface area contributed by atoms with E-state index >= 15 is 0 Å². The van der Waals surface area contributed by atoms with E-state index in [0.29, 0.717) is 0 Å². The molecule has 0 aliphatic rings. The monoisotopic (exact) mass is 341 g/mol. The maximum atomic E-state index is 6.59. The lowest BCUT2D eigenvalue weighted by molar-refractivity contribution is 0.404. The van der Waals surface area contributed by atoms with Crippen molar-refractivity contribution in [1.82, 2.24) is 0 Å². The van der Waals surface area contributed by atoms with Crippen LogP contribution in [-0.4, -0.2) is 39.3 Å². The molecule has 21 heavy (non-hydrogen) atoms. The fourth-order valence-electron chi connectivity index (χ4n) is 2.37. The van der Waals surface area contributed by atoms with Crippen LogP contribution in [-0.2, 0) is 8.23 Å². The smallest absolute Gasteiger partial charge is 0.348 e. The Labute approximate surface area is 133 Å². The van der Waals surface area contributed by atoms with Gasteiger partial charge in [-0.2, -0.15) is 0 Å². The average molecular weight is 342 g/mol. The van der Waals surface area contributed by atoms with Crippen molar-refractivity contribution >= 4 is 36.1 Å². The van der Waals surface area contributed by atoms with E-state index in [9.17, 15) is 0 Å². The van der Waals surface area contributed by atoms with Gasteiger partial charge in [0, 0.05) is 19.8 Å². The van der Waals surface area contributed by atoms with Gasteiger partial charge in [-0.25, -0.2) is 0 Å². The Kier molecular flexibility index (Phi) is 5.66. The molecule has 120 valence electrons. The molecule has 1 rings (SSSR count). The summed E-state index contributed by atoms with van der Waals surface area (Å²) < 4.78 is 13.2. The zero-order valence-electron chi connectivity index (χ0n) is 15.1. The molecule has 0 heterocycles. The van der Waals surface area contributed by atoms with E-state index in [-0.39, 0.29) is 0 Å². The number of nitrogens with zero attached hydrogens (tertiary/aromatic N) is 1. The minimum atomic E-state index is -2.38. The average Bonchev–Trinajstić information content (AvgIpc) is 2.23. The summed E-state index contributed by atoms with van der Waals surface area (Å²) in [5.74, 6) is 0. The van der Waals surface area contributed by atoms with Crippen molar-refractivity contribution in [3.05, 3.63) is 24.3 Å². The first-order valence-electron chi connectivity index (χ1n) is 7.51. The number of benzene rings is 1. The first kappa shape index (κ1) is 18.6. The van der Waals surface area contributed by atoms with Gasteiger partial charge in [-0.3, -0.25) is 0 Å². The Morgan fingerprint density at radius 2 is 1.29 bits per heavy atom. The van der Waals surface area contributed by atoms with E-state index in [1.54, 1.807) is 0 Å². The maximum absolute atomic E-state index is 6.59. The van der Waals surface area contributed by atoms with Gasteiger partial charge < -0.3 is 13.1 Å². The Morgan fingerprint density at radius 3 is 1.67 bits per heavy atom. The minimum absolute atomic E-state index is 1.20. The standard InChI is InChI=1S/C15H31NO2Si3/c1-16(2)14-11-10-12-15(13-14)21(9,17-19(3,4)5)18-20(6,7)8/h10-13H,1-9H3. The van der Waals surface area contributed by atoms with Crippen LogP contribution in [0.15, 0.2) is 24.3 Å². The van der Waals surface area contributed by atoms with Crippen LogP contribution in [0.1, 0.15) is 0 Å².